The molecule has 0 aliphatic carbocycles. The Morgan fingerprint density at radius 3 is 2.78 bits per heavy atom. The van der Waals surface area contributed by atoms with Crippen LogP contribution < -0.4 is 4.90 Å². The molecule has 23 heavy (non-hydrogen) atoms. The molecule has 4 aliphatic rings. The highest BCUT2D eigenvalue weighted by Gasteiger charge is 2.55. The maximum Gasteiger partial charge on any atom is 0.415 e. The second kappa shape index (κ2) is 5.03. The molecule has 5 nitrogen and oxygen atoms in total. The third kappa shape index (κ3) is 2.14. The van der Waals surface area contributed by atoms with Crippen LogP contribution in [0.3, 0.4) is 0 Å². The van der Waals surface area contributed by atoms with Crippen LogP contribution in [0.5, 0.6) is 0 Å². The van der Waals surface area contributed by atoms with Gasteiger partial charge in [0.15, 0.2) is 0 Å². The number of anilines is 1. The Morgan fingerprint density at radius 2 is 2.09 bits per heavy atom. The molecule has 6 heterocycles. The van der Waals surface area contributed by atoms with Gasteiger partial charge in [-0.2, -0.15) is 0 Å². The second-order valence-electron chi connectivity index (χ2n) is 6.60. The number of amides is 1. The number of thiophene rings is 1. The van der Waals surface area contributed by atoms with Gasteiger partial charge in [-0.3, -0.25) is 14.8 Å². The number of carbonyl (C=O) groups excluding carboxylic acids is 1. The van der Waals surface area contributed by atoms with E-state index in [1.165, 1.54) is 0 Å². The predicted octanol–water partition coefficient (Wildman–Crippen LogP) is 3.29. The summed E-state index contributed by atoms with van der Waals surface area (Å²) in [6.45, 7) is 3.88. The molecule has 1 atom stereocenters. The van der Waals surface area contributed by atoms with Crippen LogP contribution in [0.25, 0.3) is 9.75 Å². The number of piperidine rings is 3. The van der Waals surface area contributed by atoms with Crippen molar-refractivity contribution in [3.8, 4) is 9.75 Å². The molecule has 7 heteroatoms. The van der Waals surface area contributed by atoms with Crippen LogP contribution in [0.1, 0.15) is 12.8 Å². The zero-order chi connectivity index (χ0) is 15.4. The number of aromatic nitrogens is 1. The van der Waals surface area contributed by atoms with E-state index in [1.54, 1.807) is 22.7 Å². The summed E-state index contributed by atoms with van der Waals surface area (Å²) in [5, 5.41) is 2.05. The third-order valence-corrected chi connectivity index (χ3v) is 7.22. The fraction of sp³-hybridized carbons (Fsp3) is 0.500. The smallest absolute Gasteiger partial charge is 0.415 e. The molecule has 4 aliphatic heterocycles. The maximum absolute atomic E-state index is 12.5. The highest BCUT2D eigenvalue weighted by atomic mass is 32.1. The Hall–Kier alpha value is -1.44. The normalized spacial score (nSPS) is 32.7. The lowest BCUT2D eigenvalue weighted by Crippen LogP contribution is -2.61. The monoisotopic (exact) mass is 347 g/mol. The number of fused-ring (bicyclic) bond motifs is 2. The molecule has 1 amide bonds. The van der Waals surface area contributed by atoms with Gasteiger partial charge in [-0.25, -0.2) is 4.79 Å². The van der Waals surface area contributed by atoms with E-state index in [-0.39, 0.29) is 11.7 Å². The number of carbonyl (C=O) groups is 1. The highest BCUT2D eigenvalue weighted by molar-refractivity contribution is 7.20. The van der Waals surface area contributed by atoms with Gasteiger partial charge in [0.2, 0.25) is 0 Å². The molecule has 4 saturated heterocycles. The van der Waals surface area contributed by atoms with Crippen LogP contribution in [0, 0.1) is 5.92 Å². The Labute approximate surface area is 142 Å². The Kier molecular flexibility index (Phi) is 3.05. The molecule has 0 radical (unpaired) electrons. The topological polar surface area (TPSA) is 45.7 Å². The molecule has 1 spiro atoms. The summed E-state index contributed by atoms with van der Waals surface area (Å²) in [6, 6.07) is 2.08. The van der Waals surface area contributed by atoms with Crippen LogP contribution in [-0.2, 0) is 4.74 Å². The van der Waals surface area contributed by atoms with Gasteiger partial charge in [0.1, 0.15) is 5.60 Å². The van der Waals surface area contributed by atoms with Gasteiger partial charge < -0.3 is 4.74 Å². The van der Waals surface area contributed by atoms with E-state index >= 15 is 0 Å². The van der Waals surface area contributed by atoms with E-state index in [0.717, 1.165) is 47.9 Å². The van der Waals surface area contributed by atoms with E-state index in [0.29, 0.717) is 12.5 Å². The van der Waals surface area contributed by atoms with Gasteiger partial charge in [0, 0.05) is 28.9 Å². The van der Waals surface area contributed by atoms with E-state index in [1.807, 2.05) is 16.6 Å². The first-order valence-corrected chi connectivity index (χ1v) is 9.70. The predicted molar refractivity (Wildman–Crippen MR) is 91.1 cm³/mol. The largest absolute Gasteiger partial charge is 0.439 e. The molecule has 0 N–H and O–H groups in total. The number of nitrogens with zero attached hydrogens (tertiary/aromatic N) is 3. The summed E-state index contributed by atoms with van der Waals surface area (Å²) in [4.78, 5) is 23.2. The molecule has 0 unspecified atom stereocenters. The average molecular weight is 347 g/mol. The van der Waals surface area contributed by atoms with E-state index < -0.39 is 0 Å². The molecular weight excluding hydrogens is 330 g/mol. The van der Waals surface area contributed by atoms with Crippen molar-refractivity contribution < 1.29 is 9.53 Å². The van der Waals surface area contributed by atoms with Crippen molar-refractivity contribution in [2.45, 2.75) is 18.4 Å². The standard InChI is InChI=1S/C16H17N3O2S2/c20-15-19(12-5-13(22-7-12)14-6-17-10-23-14)9-16(21-15)8-18-3-1-11(16)2-4-18/h5-7,10-11H,1-4,8-9H2/t16-/m1/s1. The molecule has 4 fully saturated rings. The summed E-state index contributed by atoms with van der Waals surface area (Å²) >= 11 is 3.28. The molecule has 0 aromatic carbocycles. The summed E-state index contributed by atoms with van der Waals surface area (Å²) in [7, 11) is 0. The Bertz CT molecular complexity index is 736. The van der Waals surface area contributed by atoms with Crippen molar-refractivity contribution >= 4 is 34.5 Å². The van der Waals surface area contributed by atoms with Crippen LogP contribution in [-0.4, -0.2) is 47.8 Å². The molecule has 2 bridgehead atoms. The lowest BCUT2D eigenvalue weighted by molar-refractivity contribution is -0.0881. The lowest BCUT2D eigenvalue weighted by atomic mass is 9.75. The van der Waals surface area contributed by atoms with E-state index in [2.05, 4.69) is 21.3 Å². The molecule has 2 aromatic rings. The van der Waals surface area contributed by atoms with Crippen molar-refractivity contribution in [2.75, 3.05) is 31.1 Å². The fourth-order valence-corrected chi connectivity index (χ4v) is 5.77. The van der Waals surface area contributed by atoms with Crippen LogP contribution in [0.4, 0.5) is 10.5 Å². The number of thiazole rings is 1. The van der Waals surface area contributed by atoms with Gasteiger partial charge in [0.25, 0.3) is 0 Å². The number of hydrogen-bond acceptors (Lipinski definition) is 6. The minimum atomic E-state index is -0.291. The van der Waals surface area contributed by atoms with E-state index in [9.17, 15) is 4.79 Å². The van der Waals surface area contributed by atoms with Crippen molar-refractivity contribution in [1.82, 2.24) is 9.88 Å². The van der Waals surface area contributed by atoms with Crippen LogP contribution in [0.15, 0.2) is 23.2 Å². The molecule has 120 valence electrons. The molecule has 6 rings (SSSR count). The van der Waals surface area contributed by atoms with Gasteiger partial charge in [0.05, 0.1) is 22.6 Å². The summed E-state index contributed by atoms with van der Waals surface area (Å²) < 4.78 is 5.93. The molecule has 2 aromatic heterocycles. The Balaban J connectivity index is 1.43. The van der Waals surface area contributed by atoms with Crippen molar-refractivity contribution in [3.63, 3.8) is 0 Å². The van der Waals surface area contributed by atoms with Crippen molar-refractivity contribution in [2.24, 2.45) is 5.92 Å². The first-order valence-electron chi connectivity index (χ1n) is 7.94. The average Bonchev–Trinajstić information content (AvgIpc) is 3.28. The third-order valence-electron chi connectivity index (χ3n) is 5.33. The first kappa shape index (κ1) is 13.9. The number of ether oxygens (including phenoxy) is 1. The van der Waals surface area contributed by atoms with Gasteiger partial charge in [-0.15, -0.1) is 22.7 Å². The lowest BCUT2D eigenvalue weighted by Gasteiger charge is -2.49. The minimum absolute atomic E-state index is 0.188. The van der Waals surface area contributed by atoms with Crippen molar-refractivity contribution in [3.05, 3.63) is 23.2 Å². The Morgan fingerprint density at radius 1 is 1.22 bits per heavy atom. The SMILES string of the molecule is O=C1O[C@]2(CN3CCC2CC3)CN1c1csc(-c2cncs2)c1. The summed E-state index contributed by atoms with van der Waals surface area (Å²) in [5.74, 6) is 0.515. The molecule has 0 saturated carbocycles. The quantitative estimate of drug-likeness (QED) is 0.836. The van der Waals surface area contributed by atoms with Gasteiger partial charge in [-0.05, 0) is 32.0 Å². The van der Waals surface area contributed by atoms with Gasteiger partial charge in [-0.1, -0.05) is 0 Å². The zero-order valence-electron chi connectivity index (χ0n) is 12.6. The summed E-state index contributed by atoms with van der Waals surface area (Å²) in [6.07, 6.45) is 3.98. The second-order valence-corrected chi connectivity index (χ2v) is 8.40. The highest BCUT2D eigenvalue weighted by Crippen LogP contribution is 2.44. The number of rotatable bonds is 2. The minimum Gasteiger partial charge on any atom is -0.439 e. The van der Waals surface area contributed by atoms with Crippen LogP contribution in [0.2, 0.25) is 0 Å². The number of hydrogen-bond donors (Lipinski definition) is 0. The van der Waals surface area contributed by atoms with Gasteiger partial charge >= 0.3 is 6.09 Å². The first-order chi connectivity index (χ1) is 11.2. The fourth-order valence-electron chi connectivity index (χ4n) is 4.14. The van der Waals surface area contributed by atoms with Crippen LogP contribution >= 0.6 is 22.7 Å². The zero-order valence-corrected chi connectivity index (χ0v) is 14.2. The maximum atomic E-state index is 12.5. The van der Waals surface area contributed by atoms with E-state index in [4.69, 9.17) is 4.74 Å². The molecular formula is C16H17N3O2S2. The van der Waals surface area contributed by atoms with Crippen molar-refractivity contribution in [1.29, 1.82) is 0 Å². The summed E-state index contributed by atoms with van der Waals surface area (Å²) in [5.41, 5.74) is 2.50.